The Morgan fingerprint density at radius 3 is 2.82 bits per heavy atom. The van der Waals surface area contributed by atoms with Crippen molar-refractivity contribution in [2.75, 3.05) is 13.7 Å². The van der Waals surface area contributed by atoms with Crippen LogP contribution in [0.4, 0.5) is 0 Å². The molecule has 1 heterocycles. The second-order valence-electron chi connectivity index (χ2n) is 8.41. The summed E-state index contributed by atoms with van der Waals surface area (Å²) < 4.78 is 11.2. The number of allylic oxidation sites excluding steroid dienone is 1. The van der Waals surface area contributed by atoms with Gasteiger partial charge in [0.05, 0.1) is 23.7 Å². The topological polar surface area (TPSA) is 100 Å². The average Bonchev–Trinajstić information content (AvgIpc) is 3.27. The summed E-state index contributed by atoms with van der Waals surface area (Å²) in [6.07, 6.45) is 6.28. The lowest BCUT2D eigenvalue weighted by atomic mass is 9.86. The van der Waals surface area contributed by atoms with Gasteiger partial charge in [-0.1, -0.05) is 38.0 Å². The number of fused-ring (bicyclic) bond motifs is 1. The third kappa shape index (κ3) is 5.35. The highest BCUT2D eigenvalue weighted by molar-refractivity contribution is 5.90. The van der Waals surface area contributed by atoms with Crippen molar-refractivity contribution in [2.24, 2.45) is 5.92 Å². The molecule has 0 spiro atoms. The first-order valence-corrected chi connectivity index (χ1v) is 11.2. The highest BCUT2D eigenvalue weighted by atomic mass is 16.5. The van der Waals surface area contributed by atoms with Gasteiger partial charge in [-0.05, 0) is 54.7 Å². The molecule has 2 N–H and O–H groups in total. The van der Waals surface area contributed by atoms with Crippen molar-refractivity contribution in [3.63, 3.8) is 0 Å². The van der Waals surface area contributed by atoms with E-state index < -0.39 is 0 Å². The molecule has 7 nitrogen and oxygen atoms in total. The van der Waals surface area contributed by atoms with Crippen LogP contribution < -0.4 is 14.8 Å². The molecule has 0 bridgehead atoms. The average molecular weight is 445 g/mol. The maximum atomic E-state index is 12.4. The molecule has 2 aromatic carbocycles. The van der Waals surface area contributed by atoms with Gasteiger partial charge in [0, 0.05) is 6.04 Å². The van der Waals surface area contributed by atoms with Gasteiger partial charge in [0.1, 0.15) is 11.9 Å². The summed E-state index contributed by atoms with van der Waals surface area (Å²) in [5.74, 6) is 1.83. The Bertz CT molecular complexity index is 1170. The van der Waals surface area contributed by atoms with Crippen molar-refractivity contribution in [1.29, 1.82) is 5.26 Å². The number of benzene rings is 2. The van der Waals surface area contributed by atoms with Gasteiger partial charge >= 0.3 is 0 Å². The fourth-order valence-corrected chi connectivity index (χ4v) is 4.22. The number of hydrogen-bond acceptors (Lipinski definition) is 5. The number of aromatic nitrogens is 2. The van der Waals surface area contributed by atoms with E-state index in [-0.39, 0.29) is 18.6 Å². The zero-order chi connectivity index (χ0) is 23.2. The monoisotopic (exact) mass is 444 g/mol. The normalized spacial score (nSPS) is 18.5. The Kier molecular flexibility index (Phi) is 6.94. The summed E-state index contributed by atoms with van der Waals surface area (Å²) in [5.41, 5.74) is 2.84. The second kappa shape index (κ2) is 10.2. The lowest BCUT2D eigenvalue weighted by Crippen LogP contribution is -2.43. The molecule has 0 unspecified atom stereocenters. The van der Waals surface area contributed by atoms with Crippen LogP contribution in [0, 0.1) is 17.2 Å². The molecule has 1 aliphatic carbocycles. The van der Waals surface area contributed by atoms with Crippen LogP contribution in [0.1, 0.15) is 44.0 Å². The molecule has 1 amide bonds. The third-order valence-electron chi connectivity index (χ3n) is 6.08. The quantitative estimate of drug-likeness (QED) is 0.514. The van der Waals surface area contributed by atoms with Crippen molar-refractivity contribution in [3.8, 4) is 17.6 Å². The van der Waals surface area contributed by atoms with Crippen molar-refractivity contribution < 1.29 is 14.3 Å². The molecule has 1 aromatic heterocycles. The number of hydrogen-bond donors (Lipinski definition) is 2. The molecule has 4 rings (SSSR count). The highest BCUT2D eigenvalue weighted by Gasteiger charge is 2.23. The van der Waals surface area contributed by atoms with E-state index in [0.29, 0.717) is 28.8 Å². The van der Waals surface area contributed by atoms with Gasteiger partial charge in [-0.2, -0.15) is 5.26 Å². The molecule has 1 fully saturated rings. The fraction of sp³-hybridized carbons (Fsp3) is 0.346. The standard InChI is InChI=1S/C26H28N4O3/c1-17-7-3-4-8-20(17)28-25(31)16-33-23-12-11-18(14-24(23)32-2)13-19(15-27)26-29-21-9-5-6-10-22(21)30-26/h5-6,9-14,17,20H,3-4,7-8,16H2,1-2H3,(H,28,31)(H,29,30)/b19-13+/t17-,20+/m1/s1. The van der Waals surface area contributed by atoms with Crippen LogP contribution >= 0.6 is 0 Å². The molecule has 7 heteroatoms. The van der Waals surface area contributed by atoms with Gasteiger partial charge in [0.25, 0.3) is 5.91 Å². The van der Waals surface area contributed by atoms with Gasteiger partial charge in [0.15, 0.2) is 18.1 Å². The van der Waals surface area contributed by atoms with Gasteiger partial charge in [-0.25, -0.2) is 4.98 Å². The van der Waals surface area contributed by atoms with Crippen LogP contribution in [0.3, 0.4) is 0 Å². The summed E-state index contributed by atoms with van der Waals surface area (Å²) in [6.45, 7) is 2.11. The minimum absolute atomic E-state index is 0.0722. The zero-order valence-corrected chi connectivity index (χ0v) is 18.9. The highest BCUT2D eigenvalue weighted by Crippen LogP contribution is 2.30. The maximum absolute atomic E-state index is 12.4. The van der Waals surface area contributed by atoms with Gasteiger partial charge in [-0.3, -0.25) is 4.79 Å². The second-order valence-corrected chi connectivity index (χ2v) is 8.41. The molecule has 1 aliphatic rings. The molecular formula is C26H28N4O3. The van der Waals surface area contributed by atoms with Crippen LogP contribution in [0.5, 0.6) is 11.5 Å². The van der Waals surface area contributed by atoms with E-state index in [1.165, 1.54) is 6.42 Å². The number of carbonyl (C=O) groups excluding carboxylic acids is 1. The largest absolute Gasteiger partial charge is 0.493 e. The summed E-state index contributed by atoms with van der Waals surface area (Å²) in [7, 11) is 1.55. The number of ether oxygens (including phenoxy) is 2. The number of nitrogens with zero attached hydrogens (tertiary/aromatic N) is 2. The van der Waals surface area contributed by atoms with Crippen molar-refractivity contribution in [1.82, 2.24) is 15.3 Å². The number of rotatable bonds is 7. The number of nitrogens with one attached hydrogen (secondary N) is 2. The van der Waals surface area contributed by atoms with E-state index in [1.54, 1.807) is 25.3 Å². The summed E-state index contributed by atoms with van der Waals surface area (Å²) in [5, 5.41) is 12.8. The van der Waals surface area contributed by atoms with Gasteiger partial charge in [-0.15, -0.1) is 0 Å². The Labute approximate surface area is 193 Å². The number of imidazole rings is 1. The number of amides is 1. The Morgan fingerprint density at radius 1 is 1.24 bits per heavy atom. The van der Waals surface area contributed by atoms with E-state index in [1.807, 2.05) is 30.3 Å². The smallest absolute Gasteiger partial charge is 0.258 e. The molecule has 0 saturated heterocycles. The van der Waals surface area contributed by atoms with E-state index in [9.17, 15) is 10.1 Å². The number of carbonyl (C=O) groups is 1. The van der Waals surface area contributed by atoms with E-state index in [2.05, 4.69) is 28.3 Å². The molecule has 33 heavy (non-hydrogen) atoms. The first-order chi connectivity index (χ1) is 16.1. The van der Waals surface area contributed by atoms with Gasteiger partial charge in [0.2, 0.25) is 0 Å². The predicted octanol–water partition coefficient (Wildman–Crippen LogP) is 4.71. The van der Waals surface area contributed by atoms with E-state index in [0.717, 1.165) is 35.9 Å². The molecule has 1 saturated carbocycles. The van der Waals surface area contributed by atoms with Crippen molar-refractivity contribution >= 4 is 28.6 Å². The molecule has 3 aromatic rings. The first kappa shape index (κ1) is 22.4. The van der Waals surface area contributed by atoms with Crippen LogP contribution in [0.2, 0.25) is 0 Å². The van der Waals surface area contributed by atoms with Gasteiger partial charge < -0.3 is 19.8 Å². The number of aromatic amines is 1. The van der Waals surface area contributed by atoms with Crippen LogP contribution in [0.15, 0.2) is 42.5 Å². The minimum atomic E-state index is -0.128. The third-order valence-corrected chi connectivity index (χ3v) is 6.08. The maximum Gasteiger partial charge on any atom is 0.258 e. The van der Waals surface area contributed by atoms with Crippen LogP contribution in [-0.2, 0) is 4.79 Å². The Morgan fingerprint density at radius 2 is 2.06 bits per heavy atom. The fourth-order valence-electron chi connectivity index (χ4n) is 4.22. The van der Waals surface area contributed by atoms with Crippen LogP contribution in [-0.4, -0.2) is 35.6 Å². The van der Waals surface area contributed by atoms with Crippen LogP contribution in [0.25, 0.3) is 22.7 Å². The number of para-hydroxylation sites is 2. The summed E-state index contributed by atoms with van der Waals surface area (Å²) in [6, 6.07) is 15.4. The molecule has 170 valence electrons. The Balaban J connectivity index is 1.45. The summed E-state index contributed by atoms with van der Waals surface area (Å²) >= 11 is 0. The number of nitriles is 1. The van der Waals surface area contributed by atoms with E-state index in [4.69, 9.17) is 9.47 Å². The van der Waals surface area contributed by atoms with Crippen molar-refractivity contribution in [3.05, 3.63) is 53.9 Å². The molecule has 2 atom stereocenters. The lowest BCUT2D eigenvalue weighted by molar-refractivity contribution is -0.124. The molecule has 0 aliphatic heterocycles. The number of methoxy groups -OCH3 is 1. The first-order valence-electron chi connectivity index (χ1n) is 11.2. The molecular weight excluding hydrogens is 416 g/mol. The van der Waals surface area contributed by atoms with E-state index >= 15 is 0 Å². The SMILES string of the molecule is COc1cc(/C=C(\C#N)c2nc3ccccc3[nH]2)ccc1OCC(=O)N[C@H]1CCCC[C@H]1C. The zero-order valence-electron chi connectivity index (χ0n) is 18.9. The Hall–Kier alpha value is -3.79. The lowest BCUT2D eigenvalue weighted by Gasteiger charge is -2.29. The van der Waals surface area contributed by atoms with Crippen molar-refractivity contribution in [2.45, 2.75) is 38.6 Å². The molecule has 0 radical (unpaired) electrons. The number of H-pyrrole nitrogens is 1. The summed E-state index contributed by atoms with van der Waals surface area (Å²) in [4.78, 5) is 20.0. The predicted molar refractivity (Wildman–Crippen MR) is 128 cm³/mol. The minimum Gasteiger partial charge on any atom is -0.493 e.